The summed E-state index contributed by atoms with van der Waals surface area (Å²) in [5, 5.41) is 9.08. The Morgan fingerprint density at radius 3 is 2.35 bits per heavy atom. The second kappa shape index (κ2) is 4.36. The van der Waals surface area contributed by atoms with Crippen molar-refractivity contribution in [2.75, 3.05) is 13.2 Å². The highest BCUT2D eigenvalue weighted by Crippen LogP contribution is 2.44. The highest BCUT2D eigenvalue weighted by molar-refractivity contribution is 7.89. The van der Waals surface area contributed by atoms with Gasteiger partial charge >= 0.3 is 0 Å². The molecule has 4 nitrogen and oxygen atoms in total. The normalized spacial score (nSPS) is 18.0. The van der Waals surface area contributed by atoms with Gasteiger partial charge in [0.15, 0.2) is 0 Å². The SMILES string of the molecule is O=S(=O)(NCC1(CO)CC1)c1ccc(F)cc1. The molecule has 1 fully saturated rings. The zero-order chi connectivity index (χ0) is 12.5. The van der Waals surface area contributed by atoms with Gasteiger partial charge < -0.3 is 5.11 Å². The van der Waals surface area contributed by atoms with Crippen LogP contribution < -0.4 is 4.72 Å². The number of sulfonamides is 1. The minimum Gasteiger partial charge on any atom is -0.396 e. The molecule has 0 aromatic heterocycles. The summed E-state index contributed by atoms with van der Waals surface area (Å²) < 4.78 is 38.7. The van der Waals surface area contributed by atoms with E-state index in [9.17, 15) is 12.8 Å². The van der Waals surface area contributed by atoms with Crippen LogP contribution in [0.25, 0.3) is 0 Å². The van der Waals surface area contributed by atoms with Crippen LogP contribution in [0.5, 0.6) is 0 Å². The maximum atomic E-state index is 12.7. The van der Waals surface area contributed by atoms with Gasteiger partial charge in [0, 0.05) is 18.6 Å². The highest BCUT2D eigenvalue weighted by Gasteiger charge is 2.42. The van der Waals surface area contributed by atoms with Gasteiger partial charge in [-0.15, -0.1) is 0 Å². The molecule has 0 bridgehead atoms. The predicted octanol–water partition coefficient (Wildman–Crippen LogP) is 0.876. The van der Waals surface area contributed by atoms with Crippen molar-refractivity contribution >= 4 is 10.0 Å². The van der Waals surface area contributed by atoms with Crippen molar-refractivity contribution in [3.8, 4) is 0 Å². The fraction of sp³-hybridized carbons (Fsp3) is 0.455. The maximum Gasteiger partial charge on any atom is 0.240 e. The molecule has 1 saturated carbocycles. The zero-order valence-electron chi connectivity index (χ0n) is 9.19. The fourth-order valence-electron chi connectivity index (χ4n) is 1.51. The number of halogens is 1. The highest BCUT2D eigenvalue weighted by atomic mass is 32.2. The molecule has 0 atom stereocenters. The van der Waals surface area contributed by atoms with E-state index in [0.29, 0.717) is 0 Å². The molecule has 0 saturated heterocycles. The molecule has 0 amide bonds. The van der Waals surface area contributed by atoms with Gasteiger partial charge in [0.1, 0.15) is 5.82 Å². The van der Waals surface area contributed by atoms with E-state index in [2.05, 4.69) is 4.72 Å². The zero-order valence-corrected chi connectivity index (χ0v) is 10.0. The molecule has 6 heteroatoms. The molecule has 2 N–H and O–H groups in total. The van der Waals surface area contributed by atoms with E-state index < -0.39 is 15.8 Å². The summed E-state index contributed by atoms with van der Waals surface area (Å²) in [6.45, 7) is 0.210. The number of benzene rings is 1. The lowest BCUT2D eigenvalue weighted by atomic mass is 10.1. The van der Waals surface area contributed by atoms with Crippen LogP contribution in [-0.2, 0) is 10.0 Å². The first-order valence-electron chi connectivity index (χ1n) is 5.34. The van der Waals surface area contributed by atoms with Gasteiger partial charge in [-0.25, -0.2) is 17.5 Å². The van der Waals surface area contributed by atoms with E-state index in [4.69, 9.17) is 5.11 Å². The summed E-state index contributed by atoms with van der Waals surface area (Å²) in [5.74, 6) is -0.474. The molecule has 2 rings (SSSR count). The number of aliphatic hydroxyl groups excluding tert-OH is 1. The Morgan fingerprint density at radius 1 is 1.29 bits per heavy atom. The van der Waals surface area contributed by atoms with Gasteiger partial charge in [-0.1, -0.05) is 0 Å². The molecular weight excluding hydrogens is 245 g/mol. The van der Waals surface area contributed by atoms with Crippen LogP contribution in [0.2, 0.25) is 0 Å². The maximum absolute atomic E-state index is 12.7. The van der Waals surface area contributed by atoms with Crippen LogP contribution in [-0.4, -0.2) is 26.7 Å². The standard InChI is InChI=1S/C11H14FNO3S/c12-9-1-3-10(4-2-9)17(15,16)13-7-11(8-14)5-6-11/h1-4,13-14H,5-8H2. The Labute approximate surface area is 99.5 Å². The number of hydrogen-bond donors (Lipinski definition) is 2. The topological polar surface area (TPSA) is 66.4 Å². The van der Waals surface area contributed by atoms with Crippen LogP contribution in [0.4, 0.5) is 4.39 Å². The fourth-order valence-corrected chi connectivity index (χ4v) is 2.67. The molecule has 1 aromatic rings. The predicted molar refractivity (Wildman–Crippen MR) is 60.3 cm³/mol. The summed E-state index contributed by atoms with van der Waals surface area (Å²) in [4.78, 5) is 0.0349. The molecule has 0 unspecified atom stereocenters. The first-order chi connectivity index (χ1) is 7.97. The number of hydrogen-bond acceptors (Lipinski definition) is 3. The van der Waals surface area contributed by atoms with Crippen molar-refractivity contribution in [3.05, 3.63) is 30.1 Å². The third kappa shape index (κ3) is 2.83. The lowest BCUT2D eigenvalue weighted by molar-refractivity contribution is 0.213. The van der Waals surface area contributed by atoms with Gasteiger partial charge in [0.05, 0.1) is 4.90 Å². The van der Waals surface area contributed by atoms with Crippen molar-refractivity contribution in [2.24, 2.45) is 5.41 Å². The average Bonchev–Trinajstić information content (AvgIpc) is 3.08. The summed E-state index contributed by atoms with van der Waals surface area (Å²) >= 11 is 0. The number of rotatable bonds is 5. The third-order valence-electron chi connectivity index (χ3n) is 3.05. The summed E-state index contributed by atoms with van der Waals surface area (Å²) in [6.07, 6.45) is 1.66. The quantitative estimate of drug-likeness (QED) is 0.824. The van der Waals surface area contributed by atoms with Crippen LogP contribution in [0, 0.1) is 11.2 Å². The van der Waals surface area contributed by atoms with Crippen molar-refractivity contribution in [2.45, 2.75) is 17.7 Å². The third-order valence-corrected chi connectivity index (χ3v) is 4.47. The molecular formula is C11H14FNO3S. The van der Waals surface area contributed by atoms with E-state index >= 15 is 0 Å². The molecule has 0 aliphatic heterocycles. The van der Waals surface area contributed by atoms with E-state index in [-0.39, 0.29) is 23.5 Å². The van der Waals surface area contributed by atoms with Crippen molar-refractivity contribution < 1.29 is 17.9 Å². The molecule has 0 radical (unpaired) electrons. The van der Waals surface area contributed by atoms with Crippen LogP contribution in [0.1, 0.15) is 12.8 Å². The van der Waals surface area contributed by atoms with Crippen LogP contribution >= 0.6 is 0 Å². The van der Waals surface area contributed by atoms with Gasteiger partial charge in [-0.05, 0) is 37.1 Å². The Kier molecular flexibility index (Phi) is 3.20. The van der Waals surface area contributed by atoms with Crippen molar-refractivity contribution in [1.82, 2.24) is 4.72 Å². The van der Waals surface area contributed by atoms with Gasteiger partial charge in [-0.2, -0.15) is 0 Å². The summed E-state index contributed by atoms with van der Waals surface area (Å²) in [6, 6.07) is 4.65. The minimum absolute atomic E-state index is 0.0149. The van der Waals surface area contributed by atoms with E-state index in [0.717, 1.165) is 25.0 Å². The molecule has 1 aromatic carbocycles. The van der Waals surface area contributed by atoms with Gasteiger partial charge in [-0.3, -0.25) is 0 Å². The van der Waals surface area contributed by atoms with E-state index in [1.807, 2.05) is 0 Å². The Hall–Kier alpha value is -0.980. The number of aliphatic hydroxyl groups is 1. The molecule has 1 aliphatic carbocycles. The first-order valence-corrected chi connectivity index (χ1v) is 6.82. The van der Waals surface area contributed by atoms with Crippen LogP contribution in [0.15, 0.2) is 29.2 Å². The lowest BCUT2D eigenvalue weighted by Crippen LogP contribution is -2.31. The van der Waals surface area contributed by atoms with E-state index in [1.165, 1.54) is 12.1 Å². The smallest absolute Gasteiger partial charge is 0.240 e. The minimum atomic E-state index is -3.61. The largest absolute Gasteiger partial charge is 0.396 e. The average molecular weight is 259 g/mol. The molecule has 0 heterocycles. The van der Waals surface area contributed by atoms with Gasteiger partial charge in [0.2, 0.25) is 10.0 Å². The Morgan fingerprint density at radius 2 is 1.88 bits per heavy atom. The van der Waals surface area contributed by atoms with Crippen LogP contribution in [0.3, 0.4) is 0 Å². The first kappa shape index (κ1) is 12.5. The second-order valence-corrected chi connectivity index (χ2v) is 6.20. The Balaban J connectivity index is 2.06. The summed E-state index contributed by atoms with van der Waals surface area (Å²) in [5.41, 5.74) is -0.285. The molecule has 17 heavy (non-hydrogen) atoms. The Bertz CT molecular complexity index is 494. The van der Waals surface area contributed by atoms with E-state index in [1.54, 1.807) is 0 Å². The van der Waals surface area contributed by atoms with Crippen molar-refractivity contribution in [3.63, 3.8) is 0 Å². The lowest BCUT2D eigenvalue weighted by Gasteiger charge is -2.13. The monoisotopic (exact) mass is 259 g/mol. The van der Waals surface area contributed by atoms with Crippen molar-refractivity contribution in [1.29, 1.82) is 0 Å². The molecule has 94 valence electrons. The summed E-state index contributed by atoms with van der Waals surface area (Å²) in [7, 11) is -3.61. The van der Waals surface area contributed by atoms with Gasteiger partial charge in [0.25, 0.3) is 0 Å². The molecule has 0 spiro atoms. The second-order valence-electron chi connectivity index (χ2n) is 4.44. The number of nitrogens with one attached hydrogen (secondary N) is 1. The molecule has 1 aliphatic rings.